The molecule has 0 aliphatic rings. The maximum atomic E-state index is 5.74. The van der Waals surface area contributed by atoms with Crippen LogP contribution in [-0.4, -0.2) is 28.2 Å². The van der Waals surface area contributed by atoms with E-state index in [0.29, 0.717) is 18.3 Å². The Kier molecular flexibility index (Phi) is 5.09. The molecule has 0 aliphatic carbocycles. The van der Waals surface area contributed by atoms with E-state index in [-0.39, 0.29) is 0 Å². The number of aromatic nitrogens is 2. The van der Waals surface area contributed by atoms with Crippen LogP contribution in [0.5, 0.6) is 0 Å². The molecule has 4 nitrogen and oxygen atoms in total. The minimum atomic E-state index is 0.541. The van der Waals surface area contributed by atoms with Crippen LogP contribution in [0.25, 0.3) is 11.5 Å². The van der Waals surface area contributed by atoms with Crippen LogP contribution in [-0.2, 0) is 6.54 Å². The second-order valence-electron chi connectivity index (χ2n) is 4.74. The van der Waals surface area contributed by atoms with Crippen molar-refractivity contribution in [3.05, 3.63) is 46.8 Å². The number of hydrogen-bond acceptors (Lipinski definition) is 4. The third-order valence-electron chi connectivity index (χ3n) is 2.87. The number of halogens is 1. The van der Waals surface area contributed by atoms with Crippen molar-refractivity contribution in [1.82, 2.24) is 15.1 Å². The van der Waals surface area contributed by atoms with Crippen LogP contribution < -0.4 is 0 Å². The summed E-state index contributed by atoms with van der Waals surface area (Å²) in [4.78, 5) is 2.21. The van der Waals surface area contributed by atoms with Gasteiger partial charge in [0.1, 0.15) is 0 Å². The third-order valence-corrected chi connectivity index (χ3v) is 3.56. The van der Waals surface area contributed by atoms with E-state index in [1.807, 2.05) is 31.2 Å². The zero-order valence-electron chi connectivity index (χ0n) is 11.8. The summed E-state index contributed by atoms with van der Waals surface area (Å²) in [5.41, 5.74) is 2.03. The molecule has 0 saturated heterocycles. The standard InChI is InChI=1S/C15H18BrN3O/c1-4-19(9-11(2)3)10-14-17-18-15(20-14)12-7-5-6-8-13(12)16/h5-8H,2,4,9-10H2,1,3H3. The summed E-state index contributed by atoms with van der Waals surface area (Å²) in [5.74, 6) is 1.16. The number of benzene rings is 1. The molecular formula is C15H18BrN3O. The van der Waals surface area contributed by atoms with Crippen LogP contribution >= 0.6 is 15.9 Å². The van der Waals surface area contributed by atoms with Crippen LogP contribution in [0.15, 0.2) is 45.3 Å². The van der Waals surface area contributed by atoms with Crippen molar-refractivity contribution in [2.24, 2.45) is 0 Å². The molecule has 0 atom stereocenters. The molecular weight excluding hydrogens is 318 g/mol. The van der Waals surface area contributed by atoms with Crippen molar-refractivity contribution < 1.29 is 4.42 Å². The first kappa shape index (κ1) is 14.9. The van der Waals surface area contributed by atoms with Crippen molar-refractivity contribution in [2.75, 3.05) is 13.1 Å². The summed E-state index contributed by atoms with van der Waals surface area (Å²) in [6.07, 6.45) is 0. The molecule has 1 aromatic carbocycles. The van der Waals surface area contributed by atoms with Gasteiger partial charge in [0, 0.05) is 11.0 Å². The van der Waals surface area contributed by atoms with Crippen LogP contribution in [0.2, 0.25) is 0 Å². The topological polar surface area (TPSA) is 42.2 Å². The van der Waals surface area contributed by atoms with Crippen molar-refractivity contribution in [3.63, 3.8) is 0 Å². The molecule has 1 heterocycles. The minimum absolute atomic E-state index is 0.541. The molecule has 0 bridgehead atoms. The smallest absolute Gasteiger partial charge is 0.248 e. The molecule has 0 saturated carbocycles. The van der Waals surface area contributed by atoms with Crippen LogP contribution in [0.3, 0.4) is 0 Å². The normalized spacial score (nSPS) is 11.0. The van der Waals surface area contributed by atoms with E-state index in [0.717, 1.165) is 28.7 Å². The van der Waals surface area contributed by atoms with Gasteiger partial charge in [-0.25, -0.2) is 0 Å². The SMILES string of the molecule is C=C(C)CN(CC)Cc1nnc(-c2ccccc2Br)o1. The first-order chi connectivity index (χ1) is 9.60. The van der Waals surface area contributed by atoms with Crippen LogP contribution in [0, 0.1) is 0 Å². The molecule has 0 fully saturated rings. The van der Waals surface area contributed by atoms with Gasteiger partial charge in [-0.2, -0.15) is 0 Å². The Morgan fingerprint density at radius 1 is 1.35 bits per heavy atom. The Labute approximate surface area is 127 Å². The lowest BCUT2D eigenvalue weighted by Crippen LogP contribution is -2.24. The maximum Gasteiger partial charge on any atom is 0.248 e. The second kappa shape index (κ2) is 6.81. The van der Waals surface area contributed by atoms with Gasteiger partial charge in [0.25, 0.3) is 0 Å². The lowest BCUT2D eigenvalue weighted by molar-refractivity contribution is 0.271. The first-order valence-electron chi connectivity index (χ1n) is 6.54. The van der Waals surface area contributed by atoms with Crippen LogP contribution in [0.1, 0.15) is 19.7 Å². The molecule has 20 heavy (non-hydrogen) atoms. The van der Waals surface area contributed by atoms with E-state index in [1.165, 1.54) is 0 Å². The van der Waals surface area contributed by atoms with Gasteiger partial charge in [0.05, 0.1) is 12.1 Å². The van der Waals surface area contributed by atoms with Gasteiger partial charge in [-0.15, -0.1) is 10.2 Å². The quantitative estimate of drug-likeness (QED) is 0.751. The molecule has 106 valence electrons. The van der Waals surface area contributed by atoms with E-state index in [4.69, 9.17) is 4.42 Å². The number of nitrogens with zero attached hydrogens (tertiary/aromatic N) is 3. The van der Waals surface area contributed by atoms with Crippen molar-refractivity contribution in [2.45, 2.75) is 20.4 Å². The Balaban J connectivity index is 2.13. The summed E-state index contributed by atoms with van der Waals surface area (Å²) in [6.45, 7) is 10.4. The van der Waals surface area contributed by atoms with E-state index >= 15 is 0 Å². The summed E-state index contributed by atoms with van der Waals surface area (Å²) in [6, 6.07) is 7.81. The molecule has 0 N–H and O–H groups in total. The number of hydrogen-bond donors (Lipinski definition) is 0. The average Bonchev–Trinajstić information content (AvgIpc) is 2.86. The van der Waals surface area contributed by atoms with E-state index in [2.05, 4.69) is 44.5 Å². The molecule has 2 aromatic rings. The fourth-order valence-corrected chi connectivity index (χ4v) is 2.37. The molecule has 0 radical (unpaired) electrons. The van der Waals surface area contributed by atoms with Gasteiger partial charge in [-0.05, 0) is 41.5 Å². The highest BCUT2D eigenvalue weighted by molar-refractivity contribution is 9.10. The van der Waals surface area contributed by atoms with Crippen LogP contribution in [0.4, 0.5) is 0 Å². The van der Waals surface area contributed by atoms with Crippen molar-refractivity contribution >= 4 is 15.9 Å². The minimum Gasteiger partial charge on any atom is -0.419 e. The van der Waals surface area contributed by atoms with Crippen molar-refractivity contribution in [1.29, 1.82) is 0 Å². The average molecular weight is 336 g/mol. The van der Waals surface area contributed by atoms with Gasteiger partial charge in [0.2, 0.25) is 11.8 Å². The van der Waals surface area contributed by atoms with E-state index in [9.17, 15) is 0 Å². The highest BCUT2D eigenvalue weighted by Crippen LogP contribution is 2.26. The lowest BCUT2D eigenvalue weighted by Gasteiger charge is -2.17. The summed E-state index contributed by atoms with van der Waals surface area (Å²) in [7, 11) is 0. The Bertz CT molecular complexity index is 594. The first-order valence-corrected chi connectivity index (χ1v) is 7.33. The Hall–Kier alpha value is -1.46. The fourth-order valence-electron chi connectivity index (χ4n) is 1.91. The van der Waals surface area contributed by atoms with Gasteiger partial charge < -0.3 is 4.42 Å². The molecule has 2 rings (SSSR count). The maximum absolute atomic E-state index is 5.74. The number of likely N-dealkylation sites (N-methyl/N-ethyl adjacent to an activating group) is 1. The number of rotatable bonds is 6. The summed E-state index contributed by atoms with van der Waals surface area (Å²) >= 11 is 3.49. The molecule has 5 heteroatoms. The third kappa shape index (κ3) is 3.77. The van der Waals surface area contributed by atoms with Gasteiger partial charge in [-0.3, -0.25) is 4.90 Å². The highest BCUT2D eigenvalue weighted by Gasteiger charge is 2.13. The van der Waals surface area contributed by atoms with E-state index in [1.54, 1.807) is 0 Å². The van der Waals surface area contributed by atoms with E-state index < -0.39 is 0 Å². The molecule has 0 amide bonds. The van der Waals surface area contributed by atoms with Gasteiger partial charge in [-0.1, -0.05) is 31.2 Å². The summed E-state index contributed by atoms with van der Waals surface area (Å²) in [5, 5.41) is 8.24. The predicted molar refractivity (Wildman–Crippen MR) is 83.2 cm³/mol. The zero-order valence-corrected chi connectivity index (χ0v) is 13.4. The molecule has 0 aliphatic heterocycles. The van der Waals surface area contributed by atoms with Gasteiger partial charge in [0.15, 0.2) is 0 Å². The van der Waals surface area contributed by atoms with Crippen molar-refractivity contribution in [3.8, 4) is 11.5 Å². The molecule has 0 unspecified atom stereocenters. The zero-order chi connectivity index (χ0) is 14.5. The Morgan fingerprint density at radius 3 is 2.75 bits per heavy atom. The monoisotopic (exact) mass is 335 g/mol. The highest BCUT2D eigenvalue weighted by atomic mass is 79.9. The van der Waals surface area contributed by atoms with Gasteiger partial charge >= 0.3 is 0 Å². The lowest BCUT2D eigenvalue weighted by atomic mass is 10.2. The Morgan fingerprint density at radius 2 is 2.10 bits per heavy atom. The second-order valence-corrected chi connectivity index (χ2v) is 5.60. The molecule has 0 spiro atoms. The largest absolute Gasteiger partial charge is 0.419 e. The summed E-state index contributed by atoms with van der Waals surface area (Å²) < 4.78 is 6.69. The molecule has 1 aromatic heterocycles. The predicted octanol–water partition coefficient (Wildman–Crippen LogP) is 3.90. The fraction of sp³-hybridized carbons (Fsp3) is 0.333.